The minimum atomic E-state index is -0.977. The number of urea groups is 1. The van der Waals surface area contributed by atoms with E-state index >= 15 is 0 Å². The van der Waals surface area contributed by atoms with Crippen LogP contribution >= 0.6 is 0 Å². The maximum absolute atomic E-state index is 12.5. The molecule has 2 N–H and O–H groups in total. The quantitative estimate of drug-likeness (QED) is 0.411. The number of aryl methyl sites for hydroxylation is 1. The van der Waals surface area contributed by atoms with Gasteiger partial charge in [-0.2, -0.15) is 0 Å². The Bertz CT molecular complexity index is 898. The van der Waals surface area contributed by atoms with Crippen LogP contribution in [-0.4, -0.2) is 58.0 Å². The Morgan fingerprint density at radius 3 is 2.39 bits per heavy atom. The van der Waals surface area contributed by atoms with E-state index in [-0.39, 0.29) is 17.4 Å². The zero-order chi connectivity index (χ0) is 20.8. The van der Waals surface area contributed by atoms with Gasteiger partial charge in [-0.25, -0.2) is 4.79 Å². The lowest BCUT2D eigenvalue weighted by Gasteiger charge is -2.20. The van der Waals surface area contributed by atoms with E-state index in [0.29, 0.717) is 16.8 Å². The van der Waals surface area contributed by atoms with Crippen molar-refractivity contribution >= 4 is 29.5 Å². The smallest absolute Gasteiger partial charge is 0.326 e. The van der Waals surface area contributed by atoms with Crippen molar-refractivity contribution in [3.63, 3.8) is 0 Å². The highest BCUT2D eigenvalue weighted by molar-refractivity contribution is 6.09. The Morgan fingerprint density at radius 1 is 1.21 bits per heavy atom. The van der Waals surface area contributed by atoms with Gasteiger partial charge in [0, 0.05) is 11.3 Å². The van der Waals surface area contributed by atoms with Crippen LogP contribution in [0.3, 0.4) is 0 Å². The van der Waals surface area contributed by atoms with E-state index < -0.39 is 42.4 Å². The van der Waals surface area contributed by atoms with Gasteiger partial charge in [-0.05, 0) is 52.0 Å². The van der Waals surface area contributed by atoms with Crippen molar-refractivity contribution in [1.82, 2.24) is 15.2 Å². The number of aromatic amines is 1. The molecule has 3 rings (SSSR count). The Morgan fingerprint density at radius 2 is 1.86 bits per heavy atom. The molecule has 1 aromatic rings. The molecule has 150 valence electrons. The maximum Gasteiger partial charge on any atom is 0.326 e. The van der Waals surface area contributed by atoms with E-state index in [2.05, 4.69) is 10.3 Å². The van der Waals surface area contributed by atoms with Crippen LogP contribution in [0.2, 0.25) is 0 Å². The molecule has 0 bridgehead atoms. The zero-order valence-corrected chi connectivity index (χ0v) is 16.3. The lowest BCUT2D eigenvalue weighted by atomic mass is 9.96. The van der Waals surface area contributed by atoms with Gasteiger partial charge in [0.1, 0.15) is 12.1 Å². The van der Waals surface area contributed by atoms with Crippen LogP contribution in [0.4, 0.5) is 4.79 Å². The first-order chi connectivity index (χ1) is 13.1. The van der Waals surface area contributed by atoms with Gasteiger partial charge in [-0.15, -0.1) is 0 Å². The highest BCUT2D eigenvalue weighted by atomic mass is 16.5. The van der Waals surface area contributed by atoms with E-state index in [1.165, 1.54) is 6.92 Å². The van der Waals surface area contributed by atoms with Crippen molar-refractivity contribution in [3.05, 3.63) is 22.5 Å². The number of aromatic nitrogens is 1. The Labute approximate surface area is 161 Å². The summed E-state index contributed by atoms with van der Waals surface area (Å²) in [5, 5.41) is 2.64. The van der Waals surface area contributed by atoms with Crippen LogP contribution in [0.15, 0.2) is 0 Å². The number of hydrogen-bond donors (Lipinski definition) is 2. The van der Waals surface area contributed by atoms with Gasteiger partial charge < -0.3 is 15.0 Å². The molecule has 2 fully saturated rings. The van der Waals surface area contributed by atoms with Crippen molar-refractivity contribution < 1.29 is 28.7 Å². The number of hydrogen-bond acceptors (Lipinski definition) is 6. The Kier molecular flexibility index (Phi) is 4.86. The molecule has 2 heterocycles. The number of nitrogens with one attached hydrogen (secondary N) is 2. The summed E-state index contributed by atoms with van der Waals surface area (Å²) in [6.45, 7) is 5.28. The van der Waals surface area contributed by atoms with Crippen molar-refractivity contribution in [2.45, 2.75) is 46.1 Å². The number of amides is 3. The second-order valence-corrected chi connectivity index (χ2v) is 7.56. The maximum atomic E-state index is 12.5. The first kappa shape index (κ1) is 19.8. The van der Waals surface area contributed by atoms with Gasteiger partial charge in [0.05, 0.1) is 5.69 Å². The number of esters is 1. The molecule has 0 spiro atoms. The van der Waals surface area contributed by atoms with Crippen molar-refractivity contribution in [3.8, 4) is 0 Å². The predicted octanol–water partition coefficient (Wildman–Crippen LogP) is 1.28. The van der Waals surface area contributed by atoms with Gasteiger partial charge in [-0.1, -0.05) is 0 Å². The molecule has 28 heavy (non-hydrogen) atoms. The third-order valence-corrected chi connectivity index (χ3v) is 5.41. The van der Waals surface area contributed by atoms with E-state index in [1.54, 1.807) is 20.8 Å². The number of ether oxygens (including phenoxy) is 1. The van der Waals surface area contributed by atoms with Crippen LogP contribution in [0.1, 0.15) is 58.8 Å². The lowest BCUT2D eigenvalue weighted by molar-refractivity contribution is -0.146. The molecule has 2 aliphatic rings. The molecule has 3 amide bonds. The topological polar surface area (TPSA) is 126 Å². The SMILES string of the molecule is CC(=O)c1c(C)[nH]c(C(=O)COC(=O)CN2C(=O)N[C@@](C)(C3CC3)C2=O)c1C. The van der Waals surface area contributed by atoms with Gasteiger partial charge in [0.2, 0.25) is 5.78 Å². The summed E-state index contributed by atoms with van der Waals surface area (Å²) in [4.78, 5) is 64.3. The van der Waals surface area contributed by atoms with Gasteiger partial charge >= 0.3 is 12.0 Å². The first-order valence-electron chi connectivity index (χ1n) is 9.09. The van der Waals surface area contributed by atoms with Crippen LogP contribution in [-0.2, 0) is 14.3 Å². The number of H-pyrrole nitrogens is 1. The third-order valence-electron chi connectivity index (χ3n) is 5.41. The minimum absolute atomic E-state index is 0.0844. The summed E-state index contributed by atoms with van der Waals surface area (Å²) < 4.78 is 4.96. The van der Waals surface area contributed by atoms with Crippen molar-refractivity contribution in [2.75, 3.05) is 13.2 Å². The number of carbonyl (C=O) groups excluding carboxylic acids is 5. The van der Waals surface area contributed by atoms with Crippen molar-refractivity contribution in [1.29, 1.82) is 0 Å². The average Bonchev–Trinajstić information content (AvgIpc) is 3.38. The van der Waals surface area contributed by atoms with Gasteiger partial charge in [0.25, 0.3) is 5.91 Å². The zero-order valence-electron chi connectivity index (χ0n) is 16.3. The van der Waals surface area contributed by atoms with E-state index in [4.69, 9.17) is 4.74 Å². The highest BCUT2D eigenvalue weighted by Crippen LogP contribution is 2.42. The first-order valence-corrected chi connectivity index (χ1v) is 9.09. The molecule has 0 aromatic carbocycles. The monoisotopic (exact) mass is 389 g/mol. The molecule has 9 nitrogen and oxygen atoms in total. The molecular formula is C19H23N3O6. The van der Waals surface area contributed by atoms with Crippen LogP contribution in [0.25, 0.3) is 0 Å². The van der Waals surface area contributed by atoms with E-state index in [0.717, 1.165) is 17.7 Å². The Balaban J connectivity index is 1.60. The average molecular weight is 389 g/mol. The van der Waals surface area contributed by atoms with Crippen LogP contribution < -0.4 is 5.32 Å². The standard InChI is InChI=1S/C19H23N3O6/c1-9-15(11(3)23)10(2)20-16(9)13(24)8-28-14(25)7-22-17(26)19(4,12-5-6-12)21-18(22)27/h12,20H,5-8H2,1-4H3,(H,21,27)/t19-/m0/s1. The van der Waals surface area contributed by atoms with E-state index in [1.807, 2.05) is 0 Å². The summed E-state index contributed by atoms with van der Waals surface area (Å²) in [7, 11) is 0. The molecule has 0 unspecified atom stereocenters. The fourth-order valence-electron chi connectivity index (χ4n) is 3.75. The van der Waals surface area contributed by atoms with Crippen LogP contribution in [0.5, 0.6) is 0 Å². The molecule has 1 aliphatic heterocycles. The second-order valence-electron chi connectivity index (χ2n) is 7.56. The number of ketones is 2. The van der Waals surface area contributed by atoms with Crippen LogP contribution in [0, 0.1) is 19.8 Å². The molecule has 1 aliphatic carbocycles. The summed E-state index contributed by atoms with van der Waals surface area (Å²) >= 11 is 0. The summed E-state index contributed by atoms with van der Waals surface area (Å²) in [6.07, 6.45) is 1.71. The molecule has 0 radical (unpaired) electrons. The molecule has 1 aromatic heterocycles. The summed E-state index contributed by atoms with van der Waals surface area (Å²) in [5.41, 5.74) is 0.730. The lowest BCUT2D eigenvalue weighted by Crippen LogP contribution is -2.46. The fourth-order valence-corrected chi connectivity index (χ4v) is 3.75. The Hall–Kier alpha value is -2.97. The number of rotatable bonds is 7. The van der Waals surface area contributed by atoms with Crippen molar-refractivity contribution in [2.24, 2.45) is 5.92 Å². The molecule has 9 heteroatoms. The largest absolute Gasteiger partial charge is 0.456 e. The summed E-state index contributed by atoms with van der Waals surface area (Å²) in [6, 6.07) is -0.635. The highest BCUT2D eigenvalue weighted by Gasteiger charge is 2.56. The number of imide groups is 1. The molecule has 1 saturated heterocycles. The summed E-state index contributed by atoms with van der Waals surface area (Å²) in [5.74, 6) is -1.89. The van der Waals surface area contributed by atoms with Gasteiger partial charge in [0.15, 0.2) is 12.4 Å². The molecular weight excluding hydrogens is 366 g/mol. The number of carbonyl (C=O) groups is 5. The van der Waals surface area contributed by atoms with E-state index in [9.17, 15) is 24.0 Å². The third kappa shape index (κ3) is 3.32. The fraction of sp³-hybridized carbons (Fsp3) is 0.526. The number of nitrogens with zero attached hydrogens (tertiary/aromatic N) is 1. The minimum Gasteiger partial charge on any atom is -0.456 e. The van der Waals surface area contributed by atoms with Gasteiger partial charge in [-0.3, -0.25) is 24.1 Å². The number of Topliss-reactive ketones (excluding diaryl/α,β-unsaturated/α-hetero) is 2. The predicted molar refractivity (Wildman–Crippen MR) is 96.9 cm³/mol. The molecule has 1 atom stereocenters. The normalized spacial score (nSPS) is 21.6. The second kappa shape index (κ2) is 6.88. The molecule has 1 saturated carbocycles.